The van der Waals surface area contributed by atoms with Crippen LogP contribution in [-0.4, -0.2) is 56.4 Å². The van der Waals surface area contributed by atoms with Crippen LogP contribution in [0.2, 0.25) is 0 Å². The molecule has 1 aromatic rings. The molecular weight excluding hydrogens is 260 g/mol. The Morgan fingerprint density at radius 2 is 2.00 bits per heavy atom. The van der Waals surface area contributed by atoms with Gasteiger partial charge in [-0.05, 0) is 32.5 Å². The molecule has 0 saturated carbocycles. The summed E-state index contributed by atoms with van der Waals surface area (Å²) in [5.74, 6) is 0.150. The van der Waals surface area contributed by atoms with Gasteiger partial charge in [0.15, 0.2) is 5.84 Å². The van der Waals surface area contributed by atoms with Crippen molar-refractivity contribution in [2.24, 2.45) is 10.9 Å². The van der Waals surface area contributed by atoms with Crippen molar-refractivity contribution >= 4 is 23.3 Å². The van der Waals surface area contributed by atoms with Crippen LogP contribution in [0.25, 0.3) is 0 Å². The molecule has 0 bridgehead atoms. The first kappa shape index (κ1) is 15.7. The van der Waals surface area contributed by atoms with E-state index in [-0.39, 0.29) is 5.84 Å². The summed E-state index contributed by atoms with van der Waals surface area (Å²) in [5, 5.41) is 12.1. The molecule has 0 aliphatic rings. The van der Waals surface area contributed by atoms with Crippen LogP contribution >= 0.6 is 11.8 Å². The minimum atomic E-state index is 0.150. The number of hydrogen-bond donors (Lipinski definition) is 2. The molecule has 5 nitrogen and oxygen atoms in total. The quantitative estimate of drug-likeness (QED) is 0.272. The van der Waals surface area contributed by atoms with Crippen LogP contribution in [0.4, 0.5) is 5.69 Å². The molecular formula is C13H22N4OS. The molecule has 0 spiro atoms. The van der Waals surface area contributed by atoms with Gasteiger partial charge in [-0.15, -0.1) is 11.8 Å². The molecule has 0 radical (unpaired) electrons. The maximum atomic E-state index is 8.96. The molecule has 19 heavy (non-hydrogen) atoms. The van der Waals surface area contributed by atoms with E-state index in [2.05, 4.69) is 15.0 Å². The van der Waals surface area contributed by atoms with Crippen molar-refractivity contribution in [3.05, 3.63) is 23.8 Å². The maximum Gasteiger partial charge on any atom is 0.173 e. The van der Waals surface area contributed by atoms with Crippen LogP contribution in [0, 0.1) is 0 Å². The lowest BCUT2D eigenvalue weighted by Gasteiger charge is -2.24. The van der Waals surface area contributed by atoms with Crippen molar-refractivity contribution in [2.75, 3.05) is 45.4 Å². The van der Waals surface area contributed by atoms with Crippen LogP contribution in [0.15, 0.2) is 28.3 Å². The molecule has 0 saturated heterocycles. The van der Waals surface area contributed by atoms with Gasteiger partial charge < -0.3 is 20.7 Å². The Kier molecular flexibility index (Phi) is 5.98. The summed E-state index contributed by atoms with van der Waals surface area (Å²) in [6.07, 6.45) is 1.98. The van der Waals surface area contributed by atoms with Gasteiger partial charge in [0.25, 0.3) is 0 Å². The van der Waals surface area contributed by atoms with Gasteiger partial charge in [0, 0.05) is 30.7 Å². The number of nitrogens with zero attached hydrogens (tertiary/aromatic N) is 3. The Hall–Kier alpha value is -1.40. The van der Waals surface area contributed by atoms with Gasteiger partial charge in [-0.2, -0.15) is 0 Å². The fourth-order valence-electron chi connectivity index (χ4n) is 1.79. The van der Waals surface area contributed by atoms with Crippen molar-refractivity contribution in [3.63, 3.8) is 0 Å². The van der Waals surface area contributed by atoms with E-state index >= 15 is 0 Å². The number of rotatable bonds is 6. The monoisotopic (exact) mass is 282 g/mol. The third-order valence-electron chi connectivity index (χ3n) is 2.88. The number of amidine groups is 1. The molecule has 0 aliphatic heterocycles. The second kappa shape index (κ2) is 7.25. The van der Waals surface area contributed by atoms with Crippen molar-refractivity contribution < 1.29 is 5.21 Å². The third kappa shape index (κ3) is 4.04. The standard InChI is InChI=1S/C13H22N4OS/c1-16(2)8-9-17(3)10-6-5-7-11(19-4)12(10)13(14)15-18/h5-7,18H,8-9H2,1-4H3,(H2,14,15). The molecule has 0 heterocycles. The van der Waals surface area contributed by atoms with Gasteiger partial charge in [0.2, 0.25) is 0 Å². The van der Waals surface area contributed by atoms with E-state index in [9.17, 15) is 0 Å². The zero-order chi connectivity index (χ0) is 14.4. The molecule has 6 heteroatoms. The Bertz CT molecular complexity index is 448. The Balaban J connectivity index is 3.12. The molecule has 0 unspecified atom stereocenters. The number of anilines is 1. The SMILES string of the molecule is CSc1cccc(N(C)CCN(C)C)c1/C(N)=N/O. The minimum absolute atomic E-state index is 0.150. The van der Waals surface area contributed by atoms with Crippen molar-refractivity contribution in [1.82, 2.24) is 4.90 Å². The normalized spacial score (nSPS) is 11.9. The van der Waals surface area contributed by atoms with Crippen LogP contribution in [0.5, 0.6) is 0 Å². The number of likely N-dealkylation sites (N-methyl/N-ethyl adjacent to an activating group) is 2. The van der Waals surface area contributed by atoms with Crippen LogP contribution in [-0.2, 0) is 0 Å². The molecule has 0 atom stereocenters. The average Bonchev–Trinajstić information content (AvgIpc) is 2.42. The van der Waals surface area contributed by atoms with Crippen molar-refractivity contribution in [3.8, 4) is 0 Å². The summed E-state index contributed by atoms with van der Waals surface area (Å²) in [6.45, 7) is 1.81. The zero-order valence-electron chi connectivity index (χ0n) is 11.9. The Labute approximate surface area is 119 Å². The number of nitrogens with two attached hydrogens (primary N) is 1. The van der Waals surface area contributed by atoms with E-state index in [1.165, 1.54) is 0 Å². The van der Waals surface area contributed by atoms with Gasteiger partial charge in [-0.1, -0.05) is 11.2 Å². The highest BCUT2D eigenvalue weighted by Crippen LogP contribution is 2.28. The topological polar surface area (TPSA) is 65.1 Å². The minimum Gasteiger partial charge on any atom is -0.409 e. The molecule has 0 fully saturated rings. The van der Waals surface area contributed by atoms with Crippen LogP contribution < -0.4 is 10.6 Å². The Morgan fingerprint density at radius 3 is 2.53 bits per heavy atom. The lowest BCUT2D eigenvalue weighted by atomic mass is 10.1. The smallest absolute Gasteiger partial charge is 0.173 e. The first-order valence-electron chi connectivity index (χ1n) is 6.02. The number of benzene rings is 1. The fraction of sp³-hybridized carbons (Fsp3) is 0.462. The first-order valence-corrected chi connectivity index (χ1v) is 7.24. The van der Waals surface area contributed by atoms with E-state index in [0.29, 0.717) is 0 Å². The summed E-state index contributed by atoms with van der Waals surface area (Å²) < 4.78 is 0. The van der Waals surface area contributed by atoms with E-state index < -0.39 is 0 Å². The first-order chi connectivity index (χ1) is 9.01. The van der Waals surface area contributed by atoms with E-state index in [0.717, 1.165) is 29.2 Å². The number of oxime groups is 1. The molecule has 0 aliphatic carbocycles. The lowest BCUT2D eigenvalue weighted by Crippen LogP contribution is -2.30. The van der Waals surface area contributed by atoms with E-state index in [1.54, 1.807) is 11.8 Å². The Morgan fingerprint density at radius 1 is 1.32 bits per heavy atom. The number of hydrogen-bond acceptors (Lipinski definition) is 5. The van der Waals surface area contributed by atoms with Gasteiger partial charge in [-0.25, -0.2) is 0 Å². The summed E-state index contributed by atoms with van der Waals surface area (Å²) >= 11 is 1.59. The van der Waals surface area contributed by atoms with Gasteiger partial charge in [0.1, 0.15) is 0 Å². The maximum absolute atomic E-state index is 8.96. The summed E-state index contributed by atoms with van der Waals surface area (Å²) in [4.78, 5) is 5.25. The molecule has 0 amide bonds. The van der Waals surface area contributed by atoms with Crippen LogP contribution in [0.1, 0.15) is 5.56 Å². The van der Waals surface area contributed by atoms with E-state index in [4.69, 9.17) is 10.9 Å². The van der Waals surface area contributed by atoms with Gasteiger partial charge in [0.05, 0.1) is 5.56 Å². The predicted molar refractivity (Wildman–Crippen MR) is 82.6 cm³/mol. The highest BCUT2D eigenvalue weighted by Gasteiger charge is 2.15. The molecule has 106 valence electrons. The predicted octanol–water partition coefficient (Wildman–Crippen LogP) is 1.50. The molecule has 1 aromatic carbocycles. The third-order valence-corrected chi connectivity index (χ3v) is 3.66. The molecule has 0 aromatic heterocycles. The number of thioether (sulfide) groups is 1. The summed E-state index contributed by atoms with van der Waals surface area (Å²) in [5.41, 5.74) is 7.58. The highest BCUT2D eigenvalue weighted by atomic mass is 32.2. The van der Waals surface area contributed by atoms with E-state index in [1.807, 2.05) is 45.6 Å². The van der Waals surface area contributed by atoms with Gasteiger partial charge >= 0.3 is 0 Å². The van der Waals surface area contributed by atoms with Crippen LogP contribution in [0.3, 0.4) is 0 Å². The summed E-state index contributed by atoms with van der Waals surface area (Å²) in [7, 11) is 6.09. The molecule has 3 N–H and O–H groups in total. The van der Waals surface area contributed by atoms with Crippen molar-refractivity contribution in [1.29, 1.82) is 0 Å². The average molecular weight is 282 g/mol. The fourth-order valence-corrected chi connectivity index (χ4v) is 2.41. The zero-order valence-corrected chi connectivity index (χ0v) is 12.7. The second-order valence-electron chi connectivity index (χ2n) is 4.56. The largest absolute Gasteiger partial charge is 0.409 e. The van der Waals surface area contributed by atoms with Gasteiger partial charge in [-0.3, -0.25) is 0 Å². The second-order valence-corrected chi connectivity index (χ2v) is 5.41. The summed E-state index contributed by atoms with van der Waals surface area (Å²) in [6, 6.07) is 5.95. The highest BCUT2D eigenvalue weighted by molar-refractivity contribution is 7.98. The molecule has 1 rings (SSSR count). The lowest BCUT2D eigenvalue weighted by molar-refractivity contribution is 0.318. The van der Waals surface area contributed by atoms with Crippen molar-refractivity contribution in [2.45, 2.75) is 4.90 Å².